The fourth-order valence-electron chi connectivity index (χ4n) is 2.12. The first kappa shape index (κ1) is 19.3. The van der Waals surface area contributed by atoms with Gasteiger partial charge < -0.3 is 19.9 Å². The number of halogens is 1. The van der Waals surface area contributed by atoms with Gasteiger partial charge in [0.15, 0.2) is 5.96 Å². The smallest absolute Gasteiger partial charge is 0.191 e. The van der Waals surface area contributed by atoms with Crippen molar-refractivity contribution in [3.8, 4) is 5.75 Å². The van der Waals surface area contributed by atoms with Crippen molar-refractivity contribution in [3.63, 3.8) is 0 Å². The summed E-state index contributed by atoms with van der Waals surface area (Å²) in [5.74, 6) is 1.66. The predicted molar refractivity (Wildman–Crippen MR) is 104 cm³/mol. The fraction of sp³-hybridized carbons (Fsp3) is 0.375. The van der Waals surface area contributed by atoms with E-state index >= 15 is 0 Å². The van der Waals surface area contributed by atoms with E-state index in [9.17, 15) is 0 Å². The third-order valence-corrected chi connectivity index (χ3v) is 3.33. The standard InChI is InChI=1S/C16H23N5O.HI/c1-13-4-5-14(15(10-13)22-3)11-20-16(17-2)19-7-9-21-8-6-18-12-21;/h4-6,8,10,12H,7,9,11H2,1-3H3,(H2,17,19,20);1H. The summed E-state index contributed by atoms with van der Waals surface area (Å²) in [7, 11) is 3.45. The van der Waals surface area contributed by atoms with Gasteiger partial charge in [0, 0.05) is 44.6 Å². The maximum atomic E-state index is 5.41. The number of aromatic nitrogens is 2. The molecular formula is C16H24IN5O. The Kier molecular flexibility index (Phi) is 8.46. The molecule has 2 N–H and O–H groups in total. The maximum absolute atomic E-state index is 5.41. The van der Waals surface area contributed by atoms with Gasteiger partial charge in [0.25, 0.3) is 0 Å². The first-order valence-corrected chi connectivity index (χ1v) is 7.26. The zero-order valence-electron chi connectivity index (χ0n) is 13.7. The van der Waals surface area contributed by atoms with Crippen LogP contribution in [0.25, 0.3) is 0 Å². The number of guanidine groups is 1. The van der Waals surface area contributed by atoms with Gasteiger partial charge in [0.1, 0.15) is 5.75 Å². The molecule has 0 spiro atoms. The fourth-order valence-corrected chi connectivity index (χ4v) is 2.12. The van der Waals surface area contributed by atoms with E-state index in [2.05, 4.69) is 39.7 Å². The van der Waals surface area contributed by atoms with E-state index in [4.69, 9.17) is 4.74 Å². The van der Waals surface area contributed by atoms with E-state index in [1.54, 1.807) is 26.7 Å². The molecule has 0 saturated carbocycles. The number of methoxy groups -OCH3 is 1. The van der Waals surface area contributed by atoms with Crippen molar-refractivity contribution in [2.75, 3.05) is 20.7 Å². The van der Waals surface area contributed by atoms with Gasteiger partial charge in [0.2, 0.25) is 0 Å². The summed E-state index contributed by atoms with van der Waals surface area (Å²) in [6.07, 6.45) is 5.51. The molecule has 0 fully saturated rings. The minimum atomic E-state index is 0. The molecule has 0 unspecified atom stereocenters. The summed E-state index contributed by atoms with van der Waals surface area (Å²) in [6.45, 7) is 4.33. The Balaban J connectivity index is 0.00000264. The van der Waals surface area contributed by atoms with Gasteiger partial charge in [0.05, 0.1) is 13.4 Å². The van der Waals surface area contributed by atoms with Crippen LogP contribution in [0.3, 0.4) is 0 Å². The van der Waals surface area contributed by atoms with Crippen LogP contribution in [-0.4, -0.2) is 36.2 Å². The molecule has 0 aliphatic heterocycles. The van der Waals surface area contributed by atoms with Crippen molar-refractivity contribution in [2.24, 2.45) is 4.99 Å². The van der Waals surface area contributed by atoms with Crippen LogP contribution in [0.15, 0.2) is 41.9 Å². The highest BCUT2D eigenvalue weighted by molar-refractivity contribution is 14.0. The molecule has 2 aromatic rings. The monoisotopic (exact) mass is 429 g/mol. The summed E-state index contributed by atoms with van der Waals surface area (Å²) in [5, 5.41) is 6.57. The number of aryl methyl sites for hydroxylation is 1. The molecule has 0 aliphatic carbocycles. The van der Waals surface area contributed by atoms with Crippen molar-refractivity contribution in [1.29, 1.82) is 0 Å². The second-order valence-electron chi connectivity index (χ2n) is 4.97. The summed E-state index contributed by atoms with van der Waals surface area (Å²) < 4.78 is 7.43. The van der Waals surface area contributed by atoms with Crippen LogP contribution in [0.4, 0.5) is 0 Å². The second-order valence-corrected chi connectivity index (χ2v) is 4.97. The van der Waals surface area contributed by atoms with Gasteiger partial charge in [-0.15, -0.1) is 24.0 Å². The Labute approximate surface area is 154 Å². The Bertz CT molecular complexity index is 613. The number of nitrogens with one attached hydrogen (secondary N) is 2. The zero-order valence-corrected chi connectivity index (χ0v) is 16.1. The maximum Gasteiger partial charge on any atom is 0.191 e. The van der Waals surface area contributed by atoms with Crippen LogP contribution < -0.4 is 15.4 Å². The number of hydrogen-bond acceptors (Lipinski definition) is 3. The highest BCUT2D eigenvalue weighted by Crippen LogP contribution is 2.19. The van der Waals surface area contributed by atoms with Gasteiger partial charge >= 0.3 is 0 Å². The highest BCUT2D eigenvalue weighted by Gasteiger charge is 2.04. The third kappa shape index (κ3) is 6.09. The molecule has 0 radical (unpaired) electrons. The summed E-state index contributed by atoms with van der Waals surface area (Å²) in [6, 6.07) is 6.18. The van der Waals surface area contributed by atoms with E-state index in [0.29, 0.717) is 6.54 Å². The van der Waals surface area contributed by atoms with Gasteiger partial charge in [-0.2, -0.15) is 0 Å². The van der Waals surface area contributed by atoms with Crippen LogP contribution in [-0.2, 0) is 13.1 Å². The molecule has 0 bridgehead atoms. The van der Waals surface area contributed by atoms with Crippen molar-refractivity contribution >= 4 is 29.9 Å². The molecule has 6 nitrogen and oxygen atoms in total. The molecule has 2 rings (SSSR count). The van der Waals surface area contributed by atoms with Crippen LogP contribution >= 0.6 is 24.0 Å². The van der Waals surface area contributed by atoms with E-state index in [0.717, 1.165) is 30.4 Å². The molecule has 0 saturated heterocycles. The zero-order chi connectivity index (χ0) is 15.8. The van der Waals surface area contributed by atoms with E-state index < -0.39 is 0 Å². The first-order chi connectivity index (χ1) is 10.7. The van der Waals surface area contributed by atoms with E-state index in [1.807, 2.05) is 16.8 Å². The molecule has 23 heavy (non-hydrogen) atoms. The summed E-state index contributed by atoms with van der Waals surface area (Å²) in [5.41, 5.74) is 2.29. The number of rotatable bonds is 6. The molecule has 0 amide bonds. The SMILES string of the molecule is CN=C(NCCn1ccnc1)NCc1ccc(C)cc1OC.I. The van der Waals surface area contributed by atoms with E-state index in [1.165, 1.54) is 5.56 Å². The lowest BCUT2D eigenvalue weighted by atomic mass is 10.1. The first-order valence-electron chi connectivity index (χ1n) is 7.26. The van der Waals surface area contributed by atoms with Crippen LogP contribution in [0.1, 0.15) is 11.1 Å². The minimum Gasteiger partial charge on any atom is -0.496 e. The van der Waals surface area contributed by atoms with Gasteiger partial charge in [-0.1, -0.05) is 12.1 Å². The highest BCUT2D eigenvalue weighted by atomic mass is 127. The van der Waals surface area contributed by atoms with Crippen molar-refractivity contribution < 1.29 is 4.74 Å². The predicted octanol–water partition coefficient (Wildman–Crippen LogP) is 2.18. The van der Waals surface area contributed by atoms with Gasteiger partial charge in [-0.05, 0) is 18.6 Å². The Morgan fingerprint density at radius 1 is 1.35 bits per heavy atom. The van der Waals surface area contributed by atoms with Crippen LogP contribution in [0.5, 0.6) is 5.75 Å². The van der Waals surface area contributed by atoms with Crippen LogP contribution in [0, 0.1) is 6.92 Å². The van der Waals surface area contributed by atoms with E-state index in [-0.39, 0.29) is 24.0 Å². The third-order valence-electron chi connectivity index (χ3n) is 3.33. The summed E-state index contributed by atoms with van der Waals surface area (Å²) in [4.78, 5) is 8.24. The number of imidazole rings is 1. The molecule has 7 heteroatoms. The van der Waals surface area contributed by atoms with Crippen molar-refractivity contribution in [3.05, 3.63) is 48.0 Å². The Hall–Kier alpha value is -1.77. The van der Waals surface area contributed by atoms with Gasteiger partial charge in [-0.25, -0.2) is 4.98 Å². The number of hydrogen-bond donors (Lipinski definition) is 2. The van der Waals surface area contributed by atoms with Gasteiger partial charge in [-0.3, -0.25) is 4.99 Å². The minimum absolute atomic E-state index is 0. The lowest BCUT2D eigenvalue weighted by Gasteiger charge is -2.14. The second kappa shape index (κ2) is 10.1. The number of aliphatic imine (C=N–C) groups is 1. The molecule has 0 aliphatic rings. The Morgan fingerprint density at radius 2 is 2.17 bits per heavy atom. The summed E-state index contributed by atoms with van der Waals surface area (Å²) >= 11 is 0. The molecule has 0 atom stereocenters. The average molecular weight is 429 g/mol. The van der Waals surface area contributed by atoms with Crippen LogP contribution in [0.2, 0.25) is 0 Å². The van der Waals surface area contributed by atoms with Crippen molar-refractivity contribution in [2.45, 2.75) is 20.0 Å². The van der Waals surface area contributed by atoms with Crippen molar-refractivity contribution in [1.82, 2.24) is 20.2 Å². The molecule has 1 aromatic heterocycles. The number of benzene rings is 1. The number of nitrogens with zero attached hydrogens (tertiary/aromatic N) is 3. The molecule has 126 valence electrons. The molecule has 1 aromatic carbocycles. The quantitative estimate of drug-likeness (QED) is 0.420. The lowest BCUT2D eigenvalue weighted by Crippen LogP contribution is -2.38. The lowest BCUT2D eigenvalue weighted by molar-refractivity contribution is 0.408. The topological polar surface area (TPSA) is 63.5 Å². The molecular weight excluding hydrogens is 405 g/mol. The largest absolute Gasteiger partial charge is 0.496 e. The number of ether oxygens (including phenoxy) is 1. The Morgan fingerprint density at radius 3 is 2.83 bits per heavy atom. The normalized spacial score (nSPS) is 10.8. The average Bonchev–Trinajstić information content (AvgIpc) is 3.04. The molecule has 1 heterocycles.